The molecule has 0 N–H and O–H groups in total. The maximum Gasteiger partial charge on any atom is 0.599 e. The molecule has 0 amide bonds. The van der Waals surface area contributed by atoms with Gasteiger partial charge in [0.25, 0.3) is 0 Å². The molecule has 0 saturated carbocycles. The highest BCUT2D eigenvalue weighted by Gasteiger charge is 2.14. The zero-order valence-corrected chi connectivity index (χ0v) is 8.48. The van der Waals surface area contributed by atoms with E-state index in [4.69, 9.17) is 18.5 Å². The van der Waals surface area contributed by atoms with Gasteiger partial charge in [-0.25, -0.2) is 4.05 Å². The first-order chi connectivity index (χ1) is 5.43. The molecule has 58 valence electrons. The van der Waals surface area contributed by atoms with E-state index in [-0.39, 0.29) is 6.29 Å². The monoisotopic (exact) mass is 184 g/mol. The van der Waals surface area contributed by atoms with Crippen molar-refractivity contribution in [1.29, 1.82) is 0 Å². The summed E-state index contributed by atoms with van der Waals surface area (Å²) in [7, 11) is 5.48. The maximum atomic E-state index is 5.48. The van der Waals surface area contributed by atoms with Crippen molar-refractivity contribution < 1.29 is 9.47 Å². The van der Waals surface area contributed by atoms with Gasteiger partial charge in [0.2, 0.25) is 0 Å². The summed E-state index contributed by atoms with van der Waals surface area (Å²) >= 11 is -0.638. The molecule has 1 unspecified atom stereocenters. The van der Waals surface area contributed by atoms with Gasteiger partial charge in [-0.05, 0) is 6.42 Å². The molecule has 0 radical (unpaired) electrons. The van der Waals surface area contributed by atoms with Gasteiger partial charge >= 0.3 is 19.3 Å². The van der Waals surface area contributed by atoms with E-state index in [1.54, 1.807) is 0 Å². The Kier molecular flexibility index (Phi) is 5.33. The average molecular weight is 185 g/mol. The Bertz CT molecular complexity index is 158. The SMILES string of the molecule is [Cl][Mg][C]#CCOC1CCCO1. The Morgan fingerprint density at radius 3 is 3.27 bits per heavy atom. The third-order valence-corrected chi connectivity index (χ3v) is 2.21. The van der Waals surface area contributed by atoms with E-state index < -0.39 is 19.3 Å². The van der Waals surface area contributed by atoms with E-state index in [0.29, 0.717) is 6.61 Å². The van der Waals surface area contributed by atoms with Gasteiger partial charge in [0.15, 0.2) is 6.29 Å². The summed E-state index contributed by atoms with van der Waals surface area (Å²) in [5, 5.41) is 0. The summed E-state index contributed by atoms with van der Waals surface area (Å²) in [5.41, 5.74) is 0. The lowest BCUT2D eigenvalue weighted by atomic mass is 10.4. The fourth-order valence-electron chi connectivity index (χ4n) is 0.912. The van der Waals surface area contributed by atoms with Gasteiger partial charge in [0.05, 0.1) is 0 Å². The van der Waals surface area contributed by atoms with Gasteiger partial charge in [-0.15, -0.1) is 5.92 Å². The Hall–Kier alpha value is 0.536. The highest BCUT2D eigenvalue weighted by atomic mass is 35.5. The summed E-state index contributed by atoms with van der Waals surface area (Å²) < 4.78 is 13.3. The molecule has 0 aromatic rings. The van der Waals surface area contributed by atoms with Crippen LogP contribution in [-0.4, -0.2) is 38.8 Å². The van der Waals surface area contributed by atoms with Crippen LogP contribution in [0.4, 0.5) is 0 Å². The third-order valence-electron chi connectivity index (χ3n) is 1.42. The van der Waals surface area contributed by atoms with E-state index in [2.05, 4.69) is 9.97 Å². The van der Waals surface area contributed by atoms with Crippen molar-refractivity contribution >= 4 is 28.3 Å². The van der Waals surface area contributed by atoms with E-state index in [9.17, 15) is 0 Å². The topological polar surface area (TPSA) is 18.5 Å². The molecular weight excluding hydrogens is 176 g/mol. The minimum absolute atomic E-state index is 0.0127. The van der Waals surface area contributed by atoms with Gasteiger partial charge in [0, 0.05) is 13.0 Å². The summed E-state index contributed by atoms with van der Waals surface area (Å²) in [6, 6.07) is 0. The van der Waals surface area contributed by atoms with Crippen LogP contribution in [0.25, 0.3) is 0 Å². The predicted molar refractivity (Wildman–Crippen MR) is 44.3 cm³/mol. The molecular formula is C7H9ClMgO2. The van der Waals surface area contributed by atoms with Crippen molar-refractivity contribution in [2.75, 3.05) is 13.2 Å². The standard InChI is InChI=1S/C7H9O2.ClH.Mg/c1-2-5-8-7-4-3-6-9-7;;/h7H,3-6H2;1H;/q;;+1/p-1. The van der Waals surface area contributed by atoms with Crippen LogP contribution in [0.3, 0.4) is 0 Å². The number of halogens is 1. The van der Waals surface area contributed by atoms with Crippen molar-refractivity contribution in [3.8, 4) is 9.97 Å². The average Bonchev–Trinajstić information content (AvgIpc) is 2.50. The second-order valence-electron chi connectivity index (χ2n) is 2.24. The molecule has 1 saturated heterocycles. The molecule has 0 aromatic carbocycles. The lowest BCUT2D eigenvalue weighted by molar-refractivity contribution is -0.0995. The molecule has 0 spiro atoms. The molecule has 1 atom stereocenters. The fraction of sp³-hybridized carbons (Fsp3) is 0.714. The molecule has 0 aliphatic carbocycles. The van der Waals surface area contributed by atoms with Gasteiger partial charge in [-0.3, -0.25) is 0 Å². The normalized spacial score (nSPS) is 22.1. The van der Waals surface area contributed by atoms with Crippen LogP contribution in [-0.2, 0) is 9.47 Å². The highest BCUT2D eigenvalue weighted by Crippen LogP contribution is 2.12. The molecule has 1 heterocycles. The van der Waals surface area contributed by atoms with E-state index in [1.807, 2.05) is 0 Å². The summed E-state index contributed by atoms with van der Waals surface area (Å²) in [5.74, 6) is 2.84. The lowest BCUT2D eigenvalue weighted by Gasteiger charge is -2.06. The molecule has 0 aromatic heterocycles. The predicted octanol–water partition coefficient (Wildman–Crippen LogP) is 0.958. The minimum atomic E-state index is -0.638. The first-order valence-electron chi connectivity index (χ1n) is 3.68. The van der Waals surface area contributed by atoms with Gasteiger partial charge < -0.3 is 18.5 Å². The largest absolute Gasteiger partial charge is 0.599 e. The van der Waals surface area contributed by atoms with Gasteiger partial charge in [0.1, 0.15) is 6.61 Å². The molecule has 4 heteroatoms. The maximum absolute atomic E-state index is 5.48. The first kappa shape index (κ1) is 9.62. The molecule has 1 aliphatic rings. The van der Waals surface area contributed by atoms with E-state index >= 15 is 0 Å². The quantitative estimate of drug-likeness (QED) is 0.471. The zero-order valence-electron chi connectivity index (χ0n) is 6.31. The van der Waals surface area contributed by atoms with Crippen LogP contribution >= 0.6 is 9.07 Å². The van der Waals surface area contributed by atoms with E-state index in [0.717, 1.165) is 19.4 Å². The number of rotatable bonds is 2. The lowest BCUT2D eigenvalue weighted by Crippen LogP contribution is -2.10. The van der Waals surface area contributed by atoms with Crippen molar-refractivity contribution in [3.05, 3.63) is 0 Å². The van der Waals surface area contributed by atoms with Crippen LogP contribution in [0.1, 0.15) is 12.8 Å². The van der Waals surface area contributed by atoms with E-state index in [1.165, 1.54) is 0 Å². The molecule has 2 nitrogen and oxygen atoms in total. The number of hydrogen-bond acceptors (Lipinski definition) is 2. The summed E-state index contributed by atoms with van der Waals surface area (Å²) in [4.78, 5) is 0. The van der Waals surface area contributed by atoms with Crippen LogP contribution in [0.5, 0.6) is 0 Å². The molecule has 1 rings (SSSR count). The third kappa shape index (κ3) is 4.19. The molecule has 1 aliphatic heterocycles. The Balaban J connectivity index is 2.02. The fourth-order valence-corrected chi connectivity index (χ4v) is 1.39. The molecule has 1 fully saturated rings. The van der Waals surface area contributed by atoms with Crippen molar-refractivity contribution in [2.24, 2.45) is 0 Å². The highest BCUT2D eigenvalue weighted by molar-refractivity contribution is 6.98. The Morgan fingerprint density at radius 1 is 1.73 bits per heavy atom. The van der Waals surface area contributed by atoms with Crippen molar-refractivity contribution in [2.45, 2.75) is 19.1 Å². The van der Waals surface area contributed by atoms with Gasteiger partial charge in [-0.2, -0.15) is 0 Å². The second-order valence-corrected chi connectivity index (χ2v) is 3.66. The first-order valence-corrected chi connectivity index (χ1v) is 6.53. The zero-order chi connectivity index (χ0) is 7.94. The second kappa shape index (κ2) is 6.10. The Labute approximate surface area is 80.1 Å². The Morgan fingerprint density at radius 2 is 2.64 bits per heavy atom. The van der Waals surface area contributed by atoms with Crippen molar-refractivity contribution in [3.63, 3.8) is 0 Å². The molecule has 0 bridgehead atoms. The summed E-state index contributed by atoms with van der Waals surface area (Å²) in [6.07, 6.45) is 2.09. The van der Waals surface area contributed by atoms with Crippen LogP contribution in [0, 0.1) is 9.97 Å². The van der Waals surface area contributed by atoms with Crippen LogP contribution in [0.15, 0.2) is 0 Å². The van der Waals surface area contributed by atoms with Crippen LogP contribution in [0.2, 0.25) is 0 Å². The van der Waals surface area contributed by atoms with Crippen LogP contribution < -0.4 is 0 Å². The molecule has 11 heavy (non-hydrogen) atoms. The number of hydrogen-bond donors (Lipinski definition) is 0. The number of ether oxygens (including phenoxy) is 2. The minimum Gasteiger partial charge on any atom is -0.353 e. The van der Waals surface area contributed by atoms with Gasteiger partial charge in [-0.1, -0.05) is 0 Å². The summed E-state index contributed by atoms with van der Waals surface area (Å²) in [6.45, 7) is 1.28. The van der Waals surface area contributed by atoms with Crippen molar-refractivity contribution in [1.82, 2.24) is 0 Å². The smallest absolute Gasteiger partial charge is 0.353 e.